The maximum atomic E-state index is 6.01. The highest BCUT2D eigenvalue weighted by molar-refractivity contribution is 6.42. The molecule has 0 bridgehead atoms. The number of hydrogen-bond acceptors (Lipinski definition) is 5. The summed E-state index contributed by atoms with van der Waals surface area (Å²) in [4.78, 5) is 7.90. The average Bonchev–Trinajstić information content (AvgIpc) is 2.34. The van der Waals surface area contributed by atoms with E-state index in [1.54, 1.807) is 31.3 Å². The molecule has 2 aromatic rings. The molecule has 2 rings (SSSR count). The molecule has 0 aliphatic rings. The number of halogens is 2. The number of hydrogen-bond donors (Lipinski definition) is 2. The Bertz CT molecular complexity index is 577. The molecule has 18 heavy (non-hydrogen) atoms. The standard InChI is InChI=1S/C11H10Cl2N4O/c1-15-8-5-9(17-11(14)16-8)18-7-4-2-3-6(12)10(7)13/h2-5H,1H3,(H3,14,15,16,17). The quantitative estimate of drug-likeness (QED) is 0.906. The lowest BCUT2D eigenvalue weighted by molar-refractivity contribution is 0.463. The van der Waals surface area contributed by atoms with Crippen molar-refractivity contribution in [1.82, 2.24) is 9.97 Å². The van der Waals surface area contributed by atoms with Crippen LogP contribution in [0.15, 0.2) is 24.3 Å². The van der Waals surface area contributed by atoms with E-state index < -0.39 is 0 Å². The molecule has 5 nitrogen and oxygen atoms in total. The van der Waals surface area contributed by atoms with E-state index in [0.717, 1.165) is 0 Å². The maximum absolute atomic E-state index is 6.01. The largest absolute Gasteiger partial charge is 0.437 e. The van der Waals surface area contributed by atoms with Gasteiger partial charge in [-0.05, 0) is 12.1 Å². The van der Waals surface area contributed by atoms with Crippen molar-refractivity contribution in [1.29, 1.82) is 0 Å². The predicted octanol–water partition coefficient (Wildman–Crippen LogP) is 3.20. The highest BCUT2D eigenvalue weighted by Gasteiger charge is 2.09. The van der Waals surface area contributed by atoms with Crippen LogP contribution >= 0.6 is 23.2 Å². The van der Waals surface area contributed by atoms with Gasteiger partial charge in [-0.3, -0.25) is 0 Å². The highest BCUT2D eigenvalue weighted by atomic mass is 35.5. The number of rotatable bonds is 3. The Labute approximate surface area is 114 Å². The first-order valence-corrected chi connectivity index (χ1v) is 5.80. The fourth-order valence-corrected chi connectivity index (χ4v) is 1.63. The molecule has 0 fully saturated rings. The lowest BCUT2D eigenvalue weighted by Crippen LogP contribution is -2.01. The molecule has 3 N–H and O–H groups in total. The molecule has 7 heteroatoms. The zero-order valence-corrected chi connectivity index (χ0v) is 11.0. The third-order valence-corrected chi connectivity index (χ3v) is 2.91. The Kier molecular flexibility index (Phi) is 3.74. The third kappa shape index (κ3) is 2.75. The minimum atomic E-state index is 0.106. The van der Waals surface area contributed by atoms with Crippen LogP contribution in [-0.2, 0) is 0 Å². The number of anilines is 2. The number of nitrogens with two attached hydrogens (primary N) is 1. The molecule has 0 spiro atoms. The fourth-order valence-electron chi connectivity index (χ4n) is 1.30. The zero-order chi connectivity index (χ0) is 13.1. The second-order valence-corrected chi connectivity index (χ2v) is 4.14. The number of nitrogens with zero attached hydrogens (tertiary/aromatic N) is 2. The molecule has 0 unspecified atom stereocenters. The Morgan fingerprint density at radius 2 is 2.06 bits per heavy atom. The van der Waals surface area contributed by atoms with Crippen molar-refractivity contribution in [3.05, 3.63) is 34.3 Å². The predicted molar refractivity (Wildman–Crippen MR) is 72.5 cm³/mol. The van der Waals surface area contributed by atoms with Crippen molar-refractivity contribution < 1.29 is 4.74 Å². The molecule has 1 aromatic carbocycles. The van der Waals surface area contributed by atoms with E-state index in [1.807, 2.05) is 0 Å². The van der Waals surface area contributed by atoms with Gasteiger partial charge in [0.25, 0.3) is 0 Å². The molecule has 94 valence electrons. The van der Waals surface area contributed by atoms with E-state index in [1.165, 1.54) is 0 Å². The molecule has 0 saturated heterocycles. The number of ether oxygens (including phenoxy) is 1. The molecule has 0 aliphatic carbocycles. The van der Waals surface area contributed by atoms with Crippen LogP contribution < -0.4 is 15.8 Å². The molecular formula is C11H10Cl2N4O. The zero-order valence-electron chi connectivity index (χ0n) is 9.45. The second-order valence-electron chi connectivity index (χ2n) is 3.35. The van der Waals surface area contributed by atoms with Gasteiger partial charge in [-0.2, -0.15) is 9.97 Å². The van der Waals surface area contributed by atoms with Gasteiger partial charge >= 0.3 is 0 Å². The van der Waals surface area contributed by atoms with Gasteiger partial charge in [-0.1, -0.05) is 29.3 Å². The van der Waals surface area contributed by atoms with Crippen LogP contribution in [0.25, 0.3) is 0 Å². The first kappa shape index (κ1) is 12.7. The monoisotopic (exact) mass is 284 g/mol. The van der Waals surface area contributed by atoms with Gasteiger partial charge < -0.3 is 15.8 Å². The summed E-state index contributed by atoms with van der Waals surface area (Å²) in [5, 5.41) is 3.58. The molecule has 0 radical (unpaired) electrons. The topological polar surface area (TPSA) is 73.1 Å². The first-order valence-electron chi connectivity index (χ1n) is 5.04. The Morgan fingerprint density at radius 1 is 1.28 bits per heavy atom. The van der Waals surface area contributed by atoms with Gasteiger partial charge in [0, 0.05) is 13.1 Å². The van der Waals surface area contributed by atoms with Crippen molar-refractivity contribution in [2.24, 2.45) is 0 Å². The highest BCUT2D eigenvalue weighted by Crippen LogP contribution is 2.34. The summed E-state index contributed by atoms with van der Waals surface area (Å²) in [6.45, 7) is 0. The van der Waals surface area contributed by atoms with E-state index in [0.29, 0.717) is 21.6 Å². The van der Waals surface area contributed by atoms with Crippen LogP contribution in [0.3, 0.4) is 0 Å². The summed E-state index contributed by atoms with van der Waals surface area (Å²) >= 11 is 11.9. The van der Waals surface area contributed by atoms with E-state index in [2.05, 4.69) is 15.3 Å². The van der Waals surface area contributed by atoms with Crippen LogP contribution in [0.4, 0.5) is 11.8 Å². The fraction of sp³-hybridized carbons (Fsp3) is 0.0909. The SMILES string of the molecule is CNc1cc(Oc2cccc(Cl)c2Cl)nc(N)n1. The summed E-state index contributed by atoms with van der Waals surface area (Å²) in [5.74, 6) is 1.35. The van der Waals surface area contributed by atoms with Gasteiger partial charge in [0.15, 0.2) is 0 Å². The lowest BCUT2D eigenvalue weighted by Gasteiger charge is -2.09. The van der Waals surface area contributed by atoms with Crippen molar-refractivity contribution in [3.63, 3.8) is 0 Å². The van der Waals surface area contributed by atoms with Crippen molar-refractivity contribution in [3.8, 4) is 11.6 Å². The molecular weight excluding hydrogens is 275 g/mol. The summed E-state index contributed by atoms with van der Waals surface area (Å²) < 4.78 is 5.53. The molecule has 0 saturated carbocycles. The molecule has 0 amide bonds. The van der Waals surface area contributed by atoms with Crippen LogP contribution in [0.5, 0.6) is 11.6 Å². The minimum Gasteiger partial charge on any atom is -0.437 e. The summed E-state index contributed by atoms with van der Waals surface area (Å²) in [6, 6.07) is 6.69. The number of nitrogen functional groups attached to an aromatic ring is 1. The average molecular weight is 285 g/mol. The van der Waals surface area contributed by atoms with Crippen molar-refractivity contribution >= 4 is 35.0 Å². The Morgan fingerprint density at radius 3 is 2.78 bits per heavy atom. The van der Waals surface area contributed by atoms with Gasteiger partial charge in [0.05, 0.1) is 5.02 Å². The first-order chi connectivity index (χ1) is 8.60. The second kappa shape index (κ2) is 5.29. The summed E-state index contributed by atoms with van der Waals surface area (Å²) in [5.41, 5.74) is 5.56. The van der Waals surface area contributed by atoms with Crippen molar-refractivity contribution in [2.75, 3.05) is 18.1 Å². The van der Waals surface area contributed by atoms with E-state index in [4.69, 9.17) is 33.7 Å². The molecule has 0 atom stereocenters. The third-order valence-electron chi connectivity index (χ3n) is 2.11. The van der Waals surface area contributed by atoms with Gasteiger partial charge in [-0.25, -0.2) is 0 Å². The van der Waals surface area contributed by atoms with Gasteiger partial charge in [0.1, 0.15) is 16.6 Å². The van der Waals surface area contributed by atoms with Crippen LogP contribution in [-0.4, -0.2) is 17.0 Å². The van der Waals surface area contributed by atoms with E-state index in [-0.39, 0.29) is 11.8 Å². The van der Waals surface area contributed by atoms with E-state index in [9.17, 15) is 0 Å². The van der Waals surface area contributed by atoms with Crippen LogP contribution in [0.1, 0.15) is 0 Å². The smallest absolute Gasteiger partial charge is 0.226 e. The van der Waals surface area contributed by atoms with E-state index >= 15 is 0 Å². The van der Waals surface area contributed by atoms with Gasteiger partial charge in [-0.15, -0.1) is 0 Å². The Balaban J connectivity index is 2.34. The molecule has 1 heterocycles. The molecule has 1 aromatic heterocycles. The molecule has 0 aliphatic heterocycles. The summed E-state index contributed by atoms with van der Waals surface area (Å²) in [6.07, 6.45) is 0. The van der Waals surface area contributed by atoms with Gasteiger partial charge in [0.2, 0.25) is 11.8 Å². The normalized spacial score (nSPS) is 10.2. The van der Waals surface area contributed by atoms with Crippen LogP contribution in [0.2, 0.25) is 10.0 Å². The number of nitrogens with one attached hydrogen (secondary N) is 1. The van der Waals surface area contributed by atoms with Crippen LogP contribution in [0, 0.1) is 0 Å². The minimum absolute atomic E-state index is 0.106. The Hall–Kier alpha value is -1.72. The van der Waals surface area contributed by atoms with Crippen molar-refractivity contribution in [2.45, 2.75) is 0 Å². The maximum Gasteiger partial charge on any atom is 0.226 e. The lowest BCUT2D eigenvalue weighted by atomic mass is 10.3. The number of aromatic nitrogens is 2. The summed E-state index contributed by atoms with van der Waals surface area (Å²) in [7, 11) is 1.72. The number of benzene rings is 1.